The van der Waals surface area contributed by atoms with E-state index in [0.29, 0.717) is 45.5 Å². The van der Waals surface area contributed by atoms with Crippen LogP contribution in [0.4, 0.5) is 0 Å². The fourth-order valence-corrected chi connectivity index (χ4v) is 10.3. The van der Waals surface area contributed by atoms with Crippen LogP contribution in [0.5, 0.6) is 0 Å². The Morgan fingerprint density at radius 3 is 1.48 bits per heavy atom. The maximum Gasteiger partial charge on any atom is 0.167 e. The Kier molecular flexibility index (Phi) is 7.59. The zero-order valence-corrected chi connectivity index (χ0v) is 35.0. The van der Waals surface area contributed by atoms with Crippen LogP contribution in [0.2, 0.25) is 0 Å². The molecular formula is C58H32N6O2. The average Bonchev–Trinajstić information content (AvgIpc) is 4.15. The Balaban J connectivity index is 1.19. The van der Waals surface area contributed by atoms with Gasteiger partial charge in [0, 0.05) is 43.7 Å². The van der Waals surface area contributed by atoms with Crippen molar-refractivity contribution in [3.05, 3.63) is 200 Å². The molecule has 0 atom stereocenters. The highest BCUT2D eigenvalue weighted by molar-refractivity contribution is 6.39. The molecule has 8 heteroatoms. The Bertz CT molecular complexity index is 4290. The molecule has 0 aliphatic rings. The lowest BCUT2D eigenvalue weighted by Crippen LogP contribution is -2.03. The molecule has 0 unspecified atom stereocenters. The second kappa shape index (κ2) is 13.8. The number of benzene rings is 9. The van der Waals surface area contributed by atoms with Gasteiger partial charge in [-0.2, -0.15) is 5.26 Å². The first-order valence-corrected chi connectivity index (χ1v) is 21.8. The standard InChI is InChI=1S/C58H32N6O2/c59-33-36-32-42(58-61-56(34-18-4-1-5-19-34)60-57(62-58)35-20-6-2-7-21-35)54-49(40-26-12-16-30-45(40)65-54)51(36)64-44-29-15-11-25-39(44)48-53(64)47-38-24-10-14-28-43(38)63(37-22-8-3-9-23-37)52(47)50-41-27-13-17-31-46(41)66-55(48)50/h1-32H. The molecule has 0 N–H and O–H groups in total. The fraction of sp³-hybridized carbons (Fsp3) is 0. The molecule has 14 rings (SSSR count). The number of aromatic nitrogens is 5. The summed E-state index contributed by atoms with van der Waals surface area (Å²) in [7, 11) is 0. The van der Waals surface area contributed by atoms with Gasteiger partial charge in [0.15, 0.2) is 17.5 Å². The van der Waals surface area contributed by atoms with Gasteiger partial charge < -0.3 is 18.0 Å². The van der Waals surface area contributed by atoms with Gasteiger partial charge in [-0.1, -0.05) is 152 Å². The first kappa shape index (κ1) is 36.2. The molecule has 14 aromatic rings. The Morgan fingerprint density at radius 2 is 0.864 bits per heavy atom. The lowest BCUT2D eigenvalue weighted by atomic mass is 10.00. The van der Waals surface area contributed by atoms with Gasteiger partial charge in [-0.05, 0) is 42.5 Å². The second-order valence-electron chi connectivity index (χ2n) is 16.6. The summed E-state index contributed by atoms with van der Waals surface area (Å²) in [6, 6.07) is 68.2. The van der Waals surface area contributed by atoms with Gasteiger partial charge >= 0.3 is 0 Å². The van der Waals surface area contributed by atoms with Crippen LogP contribution in [-0.2, 0) is 0 Å². The summed E-state index contributed by atoms with van der Waals surface area (Å²) in [5.74, 6) is 1.43. The van der Waals surface area contributed by atoms with E-state index in [0.717, 1.165) is 93.1 Å². The smallest absolute Gasteiger partial charge is 0.167 e. The molecular weight excluding hydrogens is 813 g/mol. The average molecular weight is 845 g/mol. The highest BCUT2D eigenvalue weighted by Crippen LogP contribution is 2.51. The van der Waals surface area contributed by atoms with Gasteiger partial charge in [0.05, 0.1) is 55.0 Å². The topological polar surface area (TPSA) is 98.6 Å². The predicted molar refractivity (Wildman–Crippen MR) is 264 cm³/mol. The molecule has 306 valence electrons. The minimum Gasteiger partial charge on any atom is -0.455 e. The van der Waals surface area contributed by atoms with Crippen molar-refractivity contribution in [2.45, 2.75) is 0 Å². The number of hydrogen-bond acceptors (Lipinski definition) is 6. The van der Waals surface area contributed by atoms with Crippen molar-refractivity contribution in [2.24, 2.45) is 0 Å². The summed E-state index contributed by atoms with van der Waals surface area (Å²) in [6.07, 6.45) is 0. The van der Waals surface area contributed by atoms with Crippen molar-refractivity contribution in [3.63, 3.8) is 0 Å². The van der Waals surface area contributed by atoms with Crippen molar-refractivity contribution < 1.29 is 8.83 Å². The number of fused-ring (bicyclic) bond motifs is 15. The summed E-state index contributed by atoms with van der Waals surface area (Å²) in [5.41, 5.74) is 11.2. The quantitative estimate of drug-likeness (QED) is 0.171. The third-order valence-electron chi connectivity index (χ3n) is 13.0. The van der Waals surface area contributed by atoms with Crippen LogP contribution in [0, 0.1) is 11.3 Å². The summed E-state index contributed by atoms with van der Waals surface area (Å²) in [4.78, 5) is 15.2. The Hall–Kier alpha value is -9.32. The minimum atomic E-state index is 0.398. The van der Waals surface area contributed by atoms with Crippen molar-refractivity contribution in [3.8, 4) is 51.6 Å². The van der Waals surface area contributed by atoms with E-state index in [-0.39, 0.29) is 0 Å². The lowest BCUT2D eigenvalue weighted by Gasteiger charge is -2.15. The zero-order chi connectivity index (χ0) is 43.5. The molecule has 5 aromatic heterocycles. The van der Waals surface area contributed by atoms with E-state index < -0.39 is 0 Å². The first-order chi connectivity index (χ1) is 32.7. The third kappa shape index (κ3) is 5.05. The largest absolute Gasteiger partial charge is 0.455 e. The van der Waals surface area contributed by atoms with Gasteiger partial charge in [0.25, 0.3) is 0 Å². The van der Waals surface area contributed by atoms with Crippen molar-refractivity contribution in [1.29, 1.82) is 5.26 Å². The Labute approximate surface area is 375 Å². The zero-order valence-electron chi connectivity index (χ0n) is 35.0. The summed E-state index contributed by atoms with van der Waals surface area (Å²) in [5, 5.41) is 19.4. The third-order valence-corrected chi connectivity index (χ3v) is 13.0. The molecule has 0 saturated carbocycles. The van der Waals surface area contributed by atoms with Crippen molar-refractivity contribution in [1.82, 2.24) is 24.1 Å². The molecule has 0 aliphatic carbocycles. The summed E-state index contributed by atoms with van der Waals surface area (Å²) in [6.45, 7) is 0. The maximum absolute atomic E-state index is 11.6. The number of nitrogens with zero attached hydrogens (tertiary/aromatic N) is 6. The van der Waals surface area contributed by atoms with E-state index >= 15 is 0 Å². The van der Waals surface area contributed by atoms with Gasteiger partial charge in [0.2, 0.25) is 0 Å². The molecule has 5 heterocycles. The highest BCUT2D eigenvalue weighted by atomic mass is 16.3. The first-order valence-electron chi connectivity index (χ1n) is 21.8. The summed E-state index contributed by atoms with van der Waals surface area (Å²) < 4.78 is 18.7. The van der Waals surface area contributed by atoms with Crippen molar-refractivity contribution in [2.75, 3.05) is 0 Å². The van der Waals surface area contributed by atoms with E-state index in [9.17, 15) is 5.26 Å². The van der Waals surface area contributed by atoms with E-state index in [1.54, 1.807) is 0 Å². The molecule has 0 spiro atoms. The van der Waals surface area contributed by atoms with Gasteiger partial charge in [-0.25, -0.2) is 15.0 Å². The van der Waals surface area contributed by atoms with Crippen LogP contribution in [0.15, 0.2) is 203 Å². The fourth-order valence-electron chi connectivity index (χ4n) is 10.3. The second-order valence-corrected chi connectivity index (χ2v) is 16.6. The van der Waals surface area contributed by atoms with Crippen molar-refractivity contribution >= 4 is 87.5 Å². The monoisotopic (exact) mass is 844 g/mol. The molecule has 9 aromatic carbocycles. The van der Waals surface area contributed by atoms with Crippen LogP contribution in [0.1, 0.15) is 5.56 Å². The Morgan fingerprint density at radius 1 is 0.409 bits per heavy atom. The molecule has 0 aliphatic heterocycles. The molecule has 0 fully saturated rings. The normalized spacial score (nSPS) is 11.9. The minimum absolute atomic E-state index is 0.398. The number of nitriles is 1. The highest BCUT2D eigenvalue weighted by Gasteiger charge is 2.31. The lowest BCUT2D eigenvalue weighted by molar-refractivity contribution is 0.669. The number of furan rings is 2. The molecule has 8 nitrogen and oxygen atoms in total. The molecule has 0 radical (unpaired) electrons. The van der Waals surface area contributed by atoms with Crippen LogP contribution < -0.4 is 0 Å². The predicted octanol–water partition coefficient (Wildman–Crippen LogP) is 14.7. The molecule has 0 saturated heterocycles. The maximum atomic E-state index is 11.6. The van der Waals surface area contributed by atoms with Gasteiger partial charge in [-0.3, -0.25) is 0 Å². The van der Waals surface area contributed by atoms with Crippen LogP contribution >= 0.6 is 0 Å². The van der Waals surface area contributed by atoms with E-state index in [4.69, 9.17) is 23.8 Å². The molecule has 66 heavy (non-hydrogen) atoms. The number of rotatable bonds is 5. The van der Waals surface area contributed by atoms with E-state index in [1.165, 1.54) is 0 Å². The van der Waals surface area contributed by atoms with E-state index in [1.807, 2.05) is 103 Å². The molecule has 0 bridgehead atoms. The van der Waals surface area contributed by atoms with Gasteiger partial charge in [0.1, 0.15) is 28.4 Å². The van der Waals surface area contributed by atoms with Crippen LogP contribution in [0.3, 0.4) is 0 Å². The van der Waals surface area contributed by atoms with Crippen LogP contribution in [0.25, 0.3) is 133 Å². The van der Waals surface area contributed by atoms with Crippen LogP contribution in [-0.4, -0.2) is 24.1 Å². The summed E-state index contributed by atoms with van der Waals surface area (Å²) >= 11 is 0. The SMILES string of the molecule is N#Cc1cc(-c2nc(-c3ccccc3)nc(-c3ccccc3)n2)c2oc3ccccc3c2c1-n1c2ccccc2c2c3oc4ccccc4c3c3c(c4ccccc4n3-c3ccccc3)c21. The number of para-hydroxylation sites is 5. The van der Waals surface area contributed by atoms with E-state index in [2.05, 4.69) is 106 Å². The van der Waals surface area contributed by atoms with Gasteiger partial charge in [-0.15, -0.1) is 0 Å². The molecule has 0 amide bonds. The number of hydrogen-bond donors (Lipinski definition) is 0.